The van der Waals surface area contributed by atoms with Gasteiger partial charge in [0, 0.05) is 33.2 Å². The maximum absolute atomic E-state index is 12.9. The summed E-state index contributed by atoms with van der Waals surface area (Å²) in [6.45, 7) is 6.64. The number of hydrogen-bond donors (Lipinski definition) is 1. The minimum atomic E-state index is -3.42. The molecule has 7 heteroatoms. The van der Waals surface area contributed by atoms with E-state index in [1.54, 1.807) is 11.4 Å². The van der Waals surface area contributed by atoms with E-state index in [9.17, 15) is 8.42 Å². The first kappa shape index (κ1) is 21.4. The van der Waals surface area contributed by atoms with Gasteiger partial charge in [-0.2, -0.15) is 17.0 Å². The Hall–Kier alpha value is -0.660. The maximum Gasteiger partial charge on any atom is 0.282 e. The van der Waals surface area contributed by atoms with Crippen molar-refractivity contribution in [3.8, 4) is 0 Å². The van der Waals surface area contributed by atoms with Gasteiger partial charge < -0.3 is 5.32 Å². The van der Waals surface area contributed by atoms with Crippen LogP contribution < -0.4 is 5.32 Å². The molecule has 0 aliphatic carbocycles. The summed E-state index contributed by atoms with van der Waals surface area (Å²) >= 11 is 0. The predicted octanol–water partition coefficient (Wildman–Crippen LogP) is 2.59. The van der Waals surface area contributed by atoms with E-state index in [2.05, 4.69) is 43.4 Å². The molecule has 1 aromatic carbocycles. The van der Waals surface area contributed by atoms with Crippen molar-refractivity contribution in [3.63, 3.8) is 0 Å². The van der Waals surface area contributed by atoms with E-state index in [0.717, 1.165) is 24.8 Å². The normalized spacial score (nSPS) is 19.2. The van der Waals surface area contributed by atoms with Crippen LogP contribution in [-0.2, 0) is 16.6 Å². The van der Waals surface area contributed by atoms with E-state index in [1.807, 2.05) is 0 Å². The van der Waals surface area contributed by atoms with E-state index in [-0.39, 0.29) is 18.4 Å². The Morgan fingerprint density at radius 1 is 1.25 bits per heavy atom. The van der Waals surface area contributed by atoms with Gasteiger partial charge in [-0.05, 0) is 24.0 Å². The number of unbranched alkanes of at least 4 members (excludes halogenated alkanes) is 1. The Morgan fingerprint density at radius 3 is 2.50 bits per heavy atom. The highest BCUT2D eigenvalue weighted by Crippen LogP contribution is 2.27. The first-order valence-electron chi connectivity index (χ1n) is 8.53. The molecule has 1 saturated heterocycles. The molecule has 1 aliphatic heterocycles. The van der Waals surface area contributed by atoms with E-state index < -0.39 is 10.2 Å². The van der Waals surface area contributed by atoms with Gasteiger partial charge in [0.1, 0.15) is 0 Å². The summed E-state index contributed by atoms with van der Waals surface area (Å²) in [7, 11) is -1.74. The van der Waals surface area contributed by atoms with Crippen molar-refractivity contribution < 1.29 is 8.42 Å². The minimum absolute atomic E-state index is 0. The standard InChI is InChI=1S/C17H29N3O2S.ClH/c1-4-6-12-19(3)23(21,22)20-13-11-18-14-17(20)16-9-7-15(5-2)8-10-16;/h7-10,17-18H,4-6,11-14H2,1-3H3;1H. The highest BCUT2D eigenvalue weighted by atomic mass is 35.5. The summed E-state index contributed by atoms with van der Waals surface area (Å²) in [6.07, 6.45) is 2.87. The van der Waals surface area contributed by atoms with Crippen LogP contribution in [0.25, 0.3) is 0 Å². The zero-order chi connectivity index (χ0) is 16.9. The number of rotatable bonds is 7. The highest BCUT2D eigenvalue weighted by Gasteiger charge is 2.35. The van der Waals surface area contributed by atoms with Crippen LogP contribution in [0.15, 0.2) is 24.3 Å². The minimum Gasteiger partial charge on any atom is -0.313 e. The fourth-order valence-electron chi connectivity index (χ4n) is 2.90. The molecule has 1 unspecified atom stereocenters. The molecule has 1 N–H and O–H groups in total. The largest absolute Gasteiger partial charge is 0.313 e. The van der Waals surface area contributed by atoms with Crippen LogP contribution in [0.2, 0.25) is 0 Å². The molecule has 0 radical (unpaired) electrons. The molecule has 1 heterocycles. The second kappa shape index (κ2) is 9.73. The van der Waals surface area contributed by atoms with E-state index in [1.165, 1.54) is 9.87 Å². The topological polar surface area (TPSA) is 52.7 Å². The number of nitrogens with zero attached hydrogens (tertiary/aromatic N) is 2. The van der Waals surface area contributed by atoms with Crippen LogP contribution in [0.3, 0.4) is 0 Å². The van der Waals surface area contributed by atoms with Crippen molar-refractivity contribution in [2.24, 2.45) is 0 Å². The quantitative estimate of drug-likeness (QED) is 0.796. The van der Waals surface area contributed by atoms with Crippen LogP contribution in [0, 0.1) is 0 Å². The summed E-state index contributed by atoms with van der Waals surface area (Å²) in [6, 6.07) is 8.17. The fraction of sp³-hybridized carbons (Fsp3) is 0.647. The van der Waals surface area contributed by atoms with Gasteiger partial charge in [-0.15, -0.1) is 12.4 Å². The van der Waals surface area contributed by atoms with Crippen molar-refractivity contribution >= 4 is 22.6 Å². The Morgan fingerprint density at radius 2 is 1.92 bits per heavy atom. The number of piperazine rings is 1. The molecule has 0 spiro atoms. The fourth-order valence-corrected chi connectivity index (χ4v) is 4.45. The summed E-state index contributed by atoms with van der Waals surface area (Å²) in [5, 5.41) is 3.32. The van der Waals surface area contributed by atoms with E-state index in [0.29, 0.717) is 26.2 Å². The van der Waals surface area contributed by atoms with Crippen LogP contribution in [0.5, 0.6) is 0 Å². The molecule has 138 valence electrons. The van der Waals surface area contributed by atoms with Gasteiger partial charge in [0.15, 0.2) is 0 Å². The number of nitrogens with one attached hydrogen (secondary N) is 1. The Bertz CT molecular complexity index is 592. The first-order chi connectivity index (χ1) is 11.0. The zero-order valence-corrected chi connectivity index (χ0v) is 16.5. The van der Waals surface area contributed by atoms with Crippen LogP contribution in [0.4, 0.5) is 0 Å². The molecular weight excluding hydrogens is 346 g/mol. The van der Waals surface area contributed by atoms with Crippen molar-refractivity contribution in [1.29, 1.82) is 0 Å². The molecular formula is C17H30ClN3O2S. The second-order valence-electron chi connectivity index (χ2n) is 6.11. The number of aryl methyl sites for hydroxylation is 1. The molecule has 0 aromatic heterocycles. The lowest BCUT2D eigenvalue weighted by molar-refractivity contribution is 0.252. The number of benzene rings is 1. The average molecular weight is 376 g/mol. The summed E-state index contributed by atoms with van der Waals surface area (Å²) in [5.74, 6) is 0. The molecule has 2 rings (SSSR count). The number of hydrogen-bond acceptors (Lipinski definition) is 3. The van der Waals surface area contributed by atoms with Gasteiger partial charge in [-0.25, -0.2) is 0 Å². The van der Waals surface area contributed by atoms with Gasteiger partial charge >= 0.3 is 0 Å². The molecule has 0 bridgehead atoms. The summed E-state index contributed by atoms with van der Waals surface area (Å²) in [4.78, 5) is 0. The molecule has 1 aromatic rings. The van der Waals surface area contributed by atoms with Crippen LogP contribution in [-0.4, -0.2) is 50.3 Å². The third-order valence-corrected chi connectivity index (χ3v) is 6.48. The highest BCUT2D eigenvalue weighted by molar-refractivity contribution is 7.86. The molecule has 24 heavy (non-hydrogen) atoms. The monoisotopic (exact) mass is 375 g/mol. The van der Waals surface area contributed by atoms with Crippen LogP contribution >= 0.6 is 12.4 Å². The maximum atomic E-state index is 12.9. The lowest BCUT2D eigenvalue weighted by atomic mass is 10.0. The Balaban J connectivity index is 0.00000288. The van der Waals surface area contributed by atoms with E-state index >= 15 is 0 Å². The van der Waals surface area contributed by atoms with Crippen molar-refractivity contribution in [1.82, 2.24) is 13.9 Å². The molecule has 1 fully saturated rings. The lowest BCUT2D eigenvalue weighted by Gasteiger charge is -2.37. The Kier molecular flexibility index (Phi) is 8.67. The third kappa shape index (κ3) is 4.92. The lowest BCUT2D eigenvalue weighted by Crippen LogP contribution is -2.52. The molecule has 5 nitrogen and oxygen atoms in total. The zero-order valence-electron chi connectivity index (χ0n) is 14.9. The molecule has 0 saturated carbocycles. The van der Waals surface area contributed by atoms with Gasteiger partial charge in [0.05, 0.1) is 6.04 Å². The van der Waals surface area contributed by atoms with E-state index in [4.69, 9.17) is 0 Å². The van der Waals surface area contributed by atoms with Crippen molar-refractivity contribution in [3.05, 3.63) is 35.4 Å². The van der Waals surface area contributed by atoms with Crippen molar-refractivity contribution in [2.75, 3.05) is 33.2 Å². The molecule has 0 amide bonds. The van der Waals surface area contributed by atoms with Crippen LogP contribution in [0.1, 0.15) is 43.9 Å². The first-order valence-corrected chi connectivity index (χ1v) is 9.93. The SMILES string of the molecule is CCCCN(C)S(=O)(=O)N1CCNCC1c1ccc(CC)cc1.Cl. The smallest absolute Gasteiger partial charge is 0.282 e. The second-order valence-corrected chi connectivity index (χ2v) is 8.10. The average Bonchev–Trinajstić information content (AvgIpc) is 2.59. The summed E-state index contributed by atoms with van der Waals surface area (Å²) < 4.78 is 29.0. The van der Waals surface area contributed by atoms with Gasteiger partial charge in [0.25, 0.3) is 10.2 Å². The Labute approximate surface area is 153 Å². The van der Waals surface area contributed by atoms with Gasteiger partial charge in [-0.1, -0.05) is 44.5 Å². The van der Waals surface area contributed by atoms with Gasteiger partial charge in [0.2, 0.25) is 0 Å². The third-order valence-electron chi connectivity index (χ3n) is 4.48. The van der Waals surface area contributed by atoms with Gasteiger partial charge in [-0.3, -0.25) is 0 Å². The van der Waals surface area contributed by atoms with Crippen molar-refractivity contribution in [2.45, 2.75) is 39.2 Å². The number of halogens is 1. The predicted molar refractivity (Wildman–Crippen MR) is 102 cm³/mol. The molecule has 1 atom stereocenters. The summed E-state index contributed by atoms with van der Waals surface area (Å²) in [5.41, 5.74) is 2.33. The molecule has 1 aliphatic rings.